The van der Waals surface area contributed by atoms with E-state index < -0.39 is 6.04 Å². The number of rotatable bonds is 4. The molecule has 1 rings (SSSR count). The Bertz CT molecular complexity index is 363. The van der Waals surface area contributed by atoms with Gasteiger partial charge in [0.15, 0.2) is 0 Å². The zero-order chi connectivity index (χ0) is 12.1. The number of carbonyl (C=O) groups excluding carboxylic acids is 1. The first-order chi connectivity index (χ1) is 7.56. The van der Waals surface area contributed by atoms with Crippen LogP contribution >= 0.6 is 0 Å². The molecule has 0 heterocycles. The summed E-state index contributed by atoms with van der Waals surface area (Å²) in [6, 6.07) is 7.63. The number of amides is 1. The van der Waals surface area contributed by atoms with Crippen LogP contribution in [-0.2, 0) is 4.79 Å². The quantitative estimate of drug-likeness (QED) is 0.814. The molecule has 0 saturated heterocycles. The summed E-state index contributed by atoms with van der Waals surface area (Å²) in [6.45, 7) is 5.92. The van der Waals surface area contributed by atoms with Crippen LogP contribution in [0.3, 0.4) is 0 Å². The van der Waals surface area contributed by atoms with Gasteiger partial charge in [0.2, 0.25) is 5.91 Å². The van der Waals surface area contributed by atoms with Gasteiger partial charge in [-0.25, -0.2) is 0 Å². The van der Waals surface area contributed by atoms with E-state index in [4.69, 9.17) is 5.73 Å². The van der Waals surface area contributed by atoms with Gasteiger partial charge in [0.1, 0.15) is 0 Å². The third kappa shape index (κ3) is 3.07. The largest absolute Gasteiger partial charge is 0.348 e. The minimum atomic E-state index is -0.411. The summed E-state index contributed by atoms with van der Waals surface area (Å²) in [5.74, 6) is -0.0850. The summed E-state index contributed by atoms with van der Waals surface area (Å²) in [6.07, 6.45) is 0.659. The first-order valence-corrected chi connectivity index (χ1v) is 5.67. The van der Waals surface area contributed by atoms with E-state index in [2.05, 4.69) is 5.32 Å². The van der Waals surface area contributed by atoms with Crippen LogP contribution < -0.4 is 11.1 Å². The summed E-state index contributed by atoms with van der Waals surface area (Å²) in [5.41, 5.74) is 7.99. The average molecular weight is 220 g/mol. The second kappa shape index (κ2) is 5.66. The highest BCUT2D eigenvalue weighted by Crippen LogP contribution is 2.16. The molecular weight excluding hydrogens is 200 g/mol. The highest BCUT2D eigenvalue weighted by atomic mass is 16.2. The number of hydrogen-bond donors (Lipinski definition) is 2. The van der Waals surface area contributed by atoms with Gasteiger partial charge >= 0.3 is 0 Å². The minimum Gasteiger partial charge on any atom is -0.348 e. The lowest BCUT2D eigenvalue weighted by atomic mass is 10.0. The molecule has 3 nitrogen and oxygen atoms in total. The van der Waals surface area contributed by atoms with Gasteiger partial charge in [-0.05, 0) is 31.4 Å². The number of nitrogens with two attached hydrogens (primary N) is 1. The summed E-state index contributed by atoms with van der Waals surface area (Å²) in [7, 11) is 0. The van der Waals surface area contributed by atoms with E-state index in [1.165, 1.54) is 5.56 Å². The monoisotopic (exact) mass is 220 g/mol. The number of hydrogen-bond acceptors (Lipinski definition) is 2. The van der Waals surface area contributed by atoms with E-state index in [-0.39, 0.29) is 11.9 Å². The molecule has 0 aliphatic carbocycles. The van der Waals surface area contributed by atoms with Crippen molar-refractivity contribution in [2.24, 2.45) is 5.73 Å². The standard InChI is InChI=1S/C13H20N2O/c1-4-12(14)13(16)15-10(3)11-8-6-5-7-9(11)2/h5-8,10,12H,4,14H2,1-3H3,(H,15,16). The Balaban J connectivity index is 2.69. The molecule has 0 spiro atoms. The van der Waals surface area contributed by atoms with E-state index in [0.29, 0.717) is 6.42 Å². The van der Waals surface area contributed by atoms with Crippen molar-refractivity contribution in [3.05, 3.63) is 35.4 Å². The molecule has 2 atom stereocenters. The van der Waals surface area contributed by atoms with Crippen LogP contribution in [0, 0.1) is 6.92 Å². The molecule has 3 N–H and O–H groups in total. The zero-order valence-electron chi connectivity index (χ0n) is 10.2. The Labute approximate surface area is 97.0 Å². The topological polar surface area (TPSA) is 55.1 Å². The third-order valence-electron chi connectivity index (χ3n) is 2.79. The Kier molecular flexibility index (Phi) is 4.50. The molecule has 0 radical (unpaired) electrons. The van der Waals surface area contributed by atoms with Crippen LogP contribution in [0.4, 0.5) is 0 Å². The Morgan fingerprint density at radius 1 is 1.44 bits per heavy atom. The van der Waals surface area contributed by atoms with Crippen LogP contribution in [0.5, 0.6) is 0 Å². The maximum atomic E-state index is 11.6. The molecule has 16 heavy (non-hydrogen) atoms. The number of carbonyl (C=O) groups is 1. The van der Waals surface area contributed by atoms with Gasteiger partial charge in [-0.2, -0.15) is 0 Å². The van der Waals surface area contributed by atoms with Crippen molar-refractivity contribution >= 4 is 5.91 Å². The summed E-state index contributed by atoms with van der Waals surface area (Å²) < 4.78 is 0. The maximum Gasteiger partial charge on any atom is 0.237 e. The summed E-state index contributed by atoms with van der Waals surface area (Å²) in [4.78, 5) is 11.6. The van der Waals surface area contributed by atoms with Gasteiger partial charge < -0.3 is 11.1 Å². The molecule has 0 bridgehead atoms. The maximum absolute atomic E-state index is 11.6. The second-order valence-electron chi connectivity index (χ2n) is 4.10. The molecule has 0 aromatic heterocycles. The fourth-order valence-electron chi connectivity index (χ4n) is 1.66. The first-order valence-electron chi connectivity index (χ1n) is 5.67. The minimum absolute atomic E-state index is 0.00583. The lowest BCUT2D eigenvalue weighted by Gasteiger charge is -2.18. The van der Waals surface area contributed by atoms with E-state index >= 15 is 0 Å². The normalized spacial score (nSPS) is 14.2. The van der Waals surface area contributed by atoms with Crippen molar-refractivity contribution < 1.29 is 4.79 Å². The average Bonchev–Trinajstić information content (AvgIpc) is 2.28. The molecule has 1 amide bonds. The fraction of sp³-hybridized carbons (Fsp3) is 0.462. The van der Waals surface area contributed by atoms with Gasteiger partial charge in [0.25, 0.3) is 0 Å². The first kappa shape index (κ1) is 12.7. The van der Waals surface area contributed by atoms with Crippen molar-refractivity contribution in [3.8, 4) is 0 Å². The van der Waals surface area contributed by atoms with Crippen LogP contribution in [0.2, 0.25) is 0 Å². The number of benzene rings is 1. The Hall–Kier alpha value is -1.35. The molecule has 3 heteroatoms. The second-order valence-corrected chi connectivity index (χ2v) is 4.10. The molecular formula is C13H20N2O. The van der Waals surface area contributed by atoms with Crippen molar-refractivity contribution in [3.63, 3.8) is 0 Å². The van der Waals surface area contributed by atoms with Crippen LogP contribution in [0.15, 0.2) is 24.3 Å². The molecule has 1 aromatic rings. The summed E-state index contributed by atoms with van der Waals surface area (Å²) >= 11 is 0. The van der Waals surface area contributed by atoms with E-state index in [9.17, 15) is 4.79 Å². The molecule has 0 fully saturated rings. The smallest absolute Gasteiger partial charge is 0.237 e. The van der Waals surface area contributed by atoms with Gasteiger partial charge in [0, 0.05) is 0 Å². The summed E-state index contributed by atoms with van der Waals surface area (Å²) in [5, 5.41) is 2.92. The lowest BCUT2D eigenvalue weighted by Crippen LogP contribution is -2.41. The SMILES string of the molecule is CCC(N)C(=O)NC(C)c1ccccc1C. The number of aryl methyl sites for hydroxylation is 1. The molecule has 0 saturated carbocycles. The van der Waals surface area contributed by atoms with Gasteiger partial charge in [-0.3, -0.25) is 4.79 Å². The predicted molar refractivity (Wildman–Crippen MR) is 66.0 cm³/mol. The highest BCUT2D eigenvalue weighted by Gasteiger charge is 2.15. The van der Waals surface area contributed by atoms with Gasteiger partial charge in [-0.1, -0.05) is 31.2 Å². The van der Waals surface area contributed by atoms with E-state index in [0.717, 1.165) is 5.56 Å². The van der Waals surface area contributed by atoms with Crippen molar-refractivity contribution in [1.29, 1.82) is 0 Å². The van der Waals surface area contributed by atoms with Crippen LogP contribution in [0.25, 0.3) is 0 Å². The van der Waals surface area contributed by atoms with Crippen LogP contribution in [-0.4, -0.2) is 11.9 Å². The van der Waals surface area contributed by atoms with Crippen LogP contribution in [0.1, 0.15) is 37.4 Å². The molecule has 2 unspecified atom stereocenters. The fourth-order valence-corrected chi connectivity index (χ4v) is 1.66. The van der Waals surface area contributed by atoms with E-state index in [1.54, 1.807) is 0 Å². The molecule has 1 aromatic carbocycles. The molecule has 0 aliphatic heterocycles. The Morgan fingerprint density at radius 3 is 2.62 bits per heavy atom. The predicted octanol–water partition coefficient (Wildman–Crippen LogP) is 1.91. The molecule has 88 valence electrons. The van der Waals surface area contributed by atoms with Gasteiger partial charge in [0.05, 0.1) is 12.1 Å². The van der Waals surface area contributed by atoms with Crippen molar-refractivity contribution in [1.82, 2.24) is 5.32 Å². The van der Waals surface area contributed by atoms with Gasteiger partial charge in [-0.15, -0.1) is 0 Å². The van der Waals surface area contributed by atoms with Crippen molar-refractivity contribution in [2.75, 3.05) is 0 Å². The van der Waals surface area contributed by atoms with Crippen molar-refractivity contribution in [2.45, 2.75) is 39.3 Å². The van der Waals surface area contributed by atoms with E-state index in [1.807, 2.05) is 45.0 Å². The lowest BCUT2D eigenvalue weighted by molar-refractivity contribution is -0.123. The third-order valence-corrected chi connectivity index (χ3v) is 2.79. The Morgan fingerprint density at radius 2 is 2.06 bits per heavy atom. The molecule has 0 aliphatic rings. The number of nitrogens with one attached hydrogen (secondary N) is 1. The zero-order valence-corrected chi connectivity index (χ0v) is 10.2. The highest BCUT2D eigenvalue weighted by molar-refractivity contribution is 5.81.